The van der Waals surface area contributed by atoms with Gasteiger partial charge in [-0.15, -0.1) is 0 Å². The van der Waals surface area contributed by atoms with Crippen LogP contribution in [0, 0.1) is 5.82 Å². The number of fused-ring (bicyclic) bond motifs is 1. The van der Waals surface area contributed by atoms with Gasteiger partial charge in [0, 0.05) is 16.6 Å². The van der Waals surface area contributed by atoms with E-state index in [2.05, 4.69) is 10.1 Å². The number of halogens is 4. The van der Waals surface area contributed by atoms with E-state index in [4.69, 9.17) is 5.73 Å². The number of rotatable bonds is 3. The van der Waals surface area contributed by atoms with Crippen LogP contribution >= 0.6 is 0 Å². The van der Waals surface area contributed by atoms with E-state index in [1.165, 1.54) is 6.20 Å². The molecular formula is C18H16F4N4. The first-order chi connectivity index (χ1) is 12.3. The molecule has 2 heterocycles. The molecule has 1 aliphatic rings. The van der Waals surface area contributed by atoms with Crippen molar-refractivity contribution < 1.29 is 17.6 Å². The van der Waals surface area contributed by atoms with Gasteiger partial charge in [0.1, 0.15) is 11.2 Å². The smallest absolute Gasteiger partial charge is 0.399 e. The summed E-state index contributed by atoms with van der Waals surface area (Å²) in [5.74, 6) is -0.794. The van der Waals surface area contributed by atoms with E-state index in [9.17, 15) is 13.2 Å². The van der Waals surface area contributed by atoms with E-state index in [0.717, 1.165) is 31.0 Å². The summed E-state index contributed by atoms with van der Waals surface area (Å²) >= 11 is 0. The minimum atomic E-state index is -4.64. The van der Waals surface area contributed by atoms with Crippen molar-refractivity contribution in [2.24, 2.45) is 0 Å². The van der Waals surface area contributed by atoms with E-state index in [0.29, 0.717) is 17.5 Å². The first kappa shape index (κ1) is 16.8. The van der Waals surface area contributed by atoms with E-state index in [1.54, 1.807) is 4.68 Å². The van der Waals surface area contributed by atoms with Gasteiger partial charge in [-0.05, 0) is 37.5 Å². The second-order valence-electron chi connectivity index (χ2n) is 6.46. The summed E-state index contributed by atoms with van der Waals surface area (Å²) in [6, 6.07) is 3.22. The average molecular weight is 364 g/mol. The van der Waals surface area contributed by atoms with Crippen molar-refractivity contribution in [1.82, 2.24) is 14.8 Å². The van der Waals surface area contributed by atoms with Crippen molar-refractivity contribution in [1.29, 1.82) is 0 Å². The SMILES string of the molecule is CCc1nc(-c2cc(N)ccc2C(F)(F)F)c(F)c2c1cnn2C1CC1. The van der Waals surface area contributed by atoms with Crippen molar-refractivity contribution >= 4 is 16.6 Å². The lowest BCUT2D eigenvalue weighted by Gasteiger charge is -2.15. The van der Waals surface area contributed by atoms with Crippen LogP contribution in [-0.4, -0.2) is 14.8 Å². The van der Waals surface area contributed by atoms with Gasteiger partial charge in [-0.3, -0.25) is 4.68 Å². The molecule has 1 aliphatic carbocycles. The fraction of sp³-hybridized carbons (Fsp3) is 0.333. The van der Waals surface area contributed by atoms with Crippen LogP contribution in [0.2, 0.25) is 0 Å². The first-order valence-corrected chi connectivity index (χ1v) is 8.34. The molecule has 0 aliphatic heterocycles. The summed E-state index contributed by atoms with van der Waals surface area (Å²) < 4.78 is 57.2. The average Bonchev–Trinajstić information content (AvgIpc) is 3.33. The summed E-state index contributed by atoms with van der Waals surface area (Å²) in [6.07, 6.45) is -0.905. The normalized spacial score (nSPS) is 15.0. The van der Waals surface area contributed by atoms with Crippen molar-refractivity contribution in [2.45, 2.75) is 38.4 Å². The van der Waals surface area contributed by atoms with Gasteiger partial charge in [-0.2, -0.15) is 18.3 Å². The summed E-state index contributed by atoms with van der Waals surface area (Å²) in [4.78, 5) is 4.21. The highest BCUT2D eigenvalue weighted by Crippen LogP contribution is 2.42. The molecule has 0 amide bonds. The zero-order valence-electron chi connectivity index (χ0n) is 13.9. The predicted molar refractivity (Wildman–Crippen MR) is 90.0 cm³/mol. The van der Waals surface area contributed by atoms with E-state index in [-0.39, 0.29) is 28.5 Å². The zero-order valence-corrected chi connectivity index (χ0v) is 13.9. The Morgan fingerprint density at radius 3 is 2.62 bits per heavy atom. The number of nitrogen functional groups attached to an aromatic ring is 1. The van der Waals surface area contributed by atoms with Crippen molar-refractivity contribution in [3.8, 4) is 11.3 Å². The van der Waals surface area contributed by atoms with Crippen molar-refractivity contribution in [3.63, 3.8) is 0 Å². The van der Waals surface area contributed by atoms with Crippen molar-refractivity contribution in [3.05, 3.63) is 41.5 Å². The minimum Gasteiger partial charge on any atom is -0.399 e. The standard InChI is InChI=1S/C18H16F4N4/c1-2-14-12-8-24-26(10-4-5-10)17(12)15(19)16(25-14)11-7-9(23)3-6-13(11)18(20,21)22/h3,6-8,10H,2,4-5,23H2,1H3. The van der Waals surface area contributed by atoms with Crippen LogP contribution in [0.3, 0.4) is 0 Å². The molecule has 136 valence electrons. The topological polar surface area (TPSA) is 56.7 Å². The van der Waals surface area contributed by atoms with Gasteiger partial charge >= 0.3 is 6.18 Å². The van der Waals surface area contributed by atoms with Crippen LogP contribution in [-0.2, 0) is 12.6 Å². The molecule has 0 spiro atoms. The Bertz CT molecular complexity index is 1000. The summed E-state index contributed by atoms with van der Waals surface area (Å²) in [5, 5.41) is 4.78. The van der Waals surface area contributed by atoms with Gasteiger partial charge in [-0.1, -0.05) is 6.92 Å². The first-order valence-electron chi connectivity index (χ1n) is 8.34. The summed E-state index contributed by atoms with van der Waals surface area (Å²) in [5.41, 5.74) is 4.86. The van der Waals surface area contributed by atoms with Crippen LogP contribution in [0.15, 0.2) is 24.4 Å². The largest absolute Gasteiger partial charge is 0.417 e. The molecule has 0 radical (unpaired) electrons. The van der Waals surface area contributed by atoms with Crippen LogP contribution < -0.4 is 5.73 Å². The fourth-order valence-electron chi connectivity index (χ4n) is 3.20. The molecule has 1 saturated carbocycles. The zero-order chi connectivity index (χ0) is 18.6. The van der Waals surface area contributed by atoms with Gasteiger partial charge in [0.25, 0.3) is 0 Å². The number of aryl methyl sites for hydroxylation is 1. The number of hydrogen-bond acceptors (Lipinski definition) is 3. The highest BCUT2D eigenvalue weighted by Gasteiger charge is 2.36. The number of benzene rings is 1. The highest BCUT2D eigenvalue weighted by atomic mass is 19.4. The van der Waals surface area contributed by atoms with Crippen LogP contribution in [0.4, 0.5) is 23.2 Å². The molecule has 3 aromatic rings. The maximum absolute atomic E-state index is 15.3. The van der Waals surface area contributed by atoms with Gasteiger partial charge in [0.15, 0.2) is 5.82 Å². The number of aromatic nitrogens is 3. The van der Waals surface area contributed by atoms with Crippen LogP contribution in [0.25, 0.3) is 22.2 Å². The minimum absolute atomic E-state index is 0.0879. The molecule has 0 atom stereocenters. The lowest BCUT2D eigenvalue weighted by Crippen LogP contribution is -2.10. The molecule has 0 bridgehead atoms. The molecule has 8 heteroatoms. The summed E-state index contributed by atoms with van der Waals surface area (Å²) in [6.45, 7) is 1.82. The molecule has 26 heavy (non-hydrogen) atoms. The third-order valence-electron chi connectivity index (χ3n) is 4.60. The predicted octanol–water partition coefficient (Wildman–Crippen LogP) is 4.74. The van der Waals surface area contributed by atoms with E-state index >= 15 is 4.39 Å². The molecular weight excluding hydrogens is 348 g/mol. The number of nitrogens with two attached hydrogens (primary N) is 1. The Morgan fingerprint density at radius 2 is 2.00 bits per heavy atom. The molecule has 0 saturated heterocycles. The lowest BCUT2D eigenvalue weighted by atomic mass is 10.0. The quantitative estimate of drug-likeness (QED) is 0.540. The Morgan fingerprint density at radius 1 is 1.27 bits per heavy atom. The van der Waals surface area contributed by atoms with Gasteiger partial charge in [-0.25, -0.2) is 9.37 Å². The number of alkyl halides is 3. The molecule has 4 rings (SSSR count). The lowest BCUT2D eigenvalue weighted by molar-refractivity contribution is -0.137. The van der Waals surface area contributed by atoms with Gasteiger partial charge < -0.3 is 5.73 Å². The third-order valence-corrected chi connectivity index (χ3v) is 4.60. The second-order valence-corrected chi connectivity index (χ2v) is 6.46. The maximum atomic E-state index is 15.3. The highest BCUT2D eigenvalue weighted by molar-refractivity contribution is 5.87. The molecule has 1 aromatic carbocycles. The van der Waals surface area contributed by atoms with E-state index < -0.39 is 17.6 Å². The third kappa shape index (κ3) is 2.60. The van der Waals surface area contributed by atoms with Crippen LogP contribution in [0.1, 0.15) is 37.1 Å². The van der Waals surface area contributed by atoms with Crippen LogP contribution in [0.5, 0.6) is 0 Å². The number of hydrogen-bond donors (Lipinski definition) is 1. The Balaban J connectivity index is 2.05. The van der Waals surface area contributed by atoms with Crippen molar-refractivity contribution in [2.75, 3.05) is 5.73 Å². The number of pyridine rings is 1. The Labute approximate surface area is 146 Å². The Hall–Kier alpha value is -2.64. The Kier molecular flexibility index (Phi) is 3.68. The molecule has 4 nitrogen and oxygen atoms in total. The maximum Gasteiger partial charge on any atom is 0.417 e. The van der Waals surface area contributed by atoms with E-state index in [1.807, 2.05) is 6.92 Å². The van der Waals surface area contributed by atoms with Gasteiger partial charge in [0.05, 0.1) is 23.5 Å². The number of nitrogens with zero attached hydrogens (tertiary/aromatic N) is 3. The van der Waals surface area contributed by atoms with Gasteiger partial charge in [0.2, 0.25) is 0 Å². The monoisotopic (exact) mass is 364 g/mol. The second kappa shape index (κ2) is 5.69. The molecule has 2 aromatic heterocycles. The molecule has 1 fully saturated rings. The molecule has 0 unspecified atom stereocenters. The molecule has 2 N–H and O–H groups in total. The summed E-state index contributed by atoms with van der Waals surface area (Å²) in [7, 11) is 0. The number of anilines is 1. The fourth-order valence-corrected chi connectivity index (χ4v) is 3.20.